The van der Waals surface area contributed by atoms with E-state index in [4.69, 9.17) is 9.15 Å². The Morgan fingerprint density at radius 2 is 2.03 bits per heavy atom. The van der Waals surface area contributed by atoms with E-state index in [-0.39, 0.29) is 24.5 Å². The van der Waals surface area contributed by atoms with E-state index in [1.54, 1.807) is 6.20 Å². The van der Waals surface area contributed by atoms with Gasteiger partial charge in [-0.15, -0.1) is 11.3 Å². The van der Waals surface area contributed by atoms with Crippen LogP contribution in [0.4, 0.5) is 11.5 Å². The molecule has 1 N–H and O–H groups in total. The molecule has 0 saturated carbocycles. The third-order valence-electron chi connectivity index (χ3n) is 4.62. The summed E-state index contributed by atoms with van der Waals surface area (Å²) in [4.78, 5) is 23.6. The summed E-state index contributed by atoms with van der Waals surface area (Å²) >= 11 is 1.47. The Balaban J connectivity index is 1.34. The number of hydrogen-bond donors (Lipinski definition) is 1. The van der Waals surface area contributed by atoms with Crippen LogP contribution in [0.25, 0.3) is 10.8 Å². The van der Waals surface area contributed by atoms with Crippen molar-refractivity contribution in [2.24, 2.45) is 0 Å². The standard InChI is InChI=1S/C21H24N4O3S/c1-13-4-6-18(28-13)21-24-17(12-29-21)8-20(26)23-16-5-7-19(22-9-16)25-10-14(2)27-15(3)11-25/h4-7,9,12,14-15H,8,10-11H2,1-3H3,(H,23,26). The molecule has 2 atom stereocenters. The largest absolute Gasteiger partial charge is 0.459 e. The number of rotatable bonds is 5. The number of carbonyl (C=O) groups excluding carboxylic acids is 1. The van der Waals surface area contributed by atoms with Gasteiger partial charge in [0, 0.05) is 18.5 Å². The first-order valence-electron chi connectivity index (χ1n) is 9.64. The highest BCUT2D eigenvalue weighted by Crippen LogP contribution is 2.26. The molecule has 8 heteroatoms. The molecule has 4 heterocycles. The Morgan fingerprint density at radius 1 is 1.24 bits per heavy atom. The molecule has 1 amide bonds. The fraction of sp³-hybridized carbons (Fsp3) is 0.381. The van der Waals surface area contributed by atoms with E-state index in [2.05, 4.69) is 34.0 Å². The number of aromatic nitrogens is 2. The van der Waals surface area contributed by atoms with Crippen LogP contribution in [0.1, 0.15) is 25.3 Å². The van der Waals surface area contributed by atoms with Crippen LogP contribution >= 0.6 is 11.3 Å². The minimum Gasteiger partial charge on any atom is -0.459 e. The van der Waals surface area contributed by atoms with Gasteiger partial charge in [0.05, 0.1) is 36.2 Å². The molecule has 7 nitrogen and oxygen atoms in total. The van der Waals surface area contributed by atoms with Gasteiger partial charge >= 0.3 is 0 Å². The summed E-state index contributed by atoms with van der Waals surface area (Å²) in [7, 11) is 0. The molecule has 0 spiro atoms. The molecule has 1 aliphatic rings. The zero-order valence-corrected chi connectivity index (χ0v) is 17.5. The number of ether oxygens (including phenoxy) is 1. The number of thiazole rings is 1. The van der Waals surface area contributed by atoms with Crippen molar-refractivity contribution in [3.63, 3.8) is 0 Å². The number of nitrogens with zero attached hydrogens (tertiary/aromatic N) is 3. The first kappa shape index (κ1) is 19.6. The molecule has 2 unspecified atom stereocenters. The van der Waals surface area contributed by atoms with Crippen LogP contribution < -0.4 is 10.2 Å². The first-order valence-corrected chi connectivity index (χ1v) is 10.5. The predicted octanol–water partition coefficient (Wildman–Crippen LogP) is 3.90. The highest BCUT2D eigenvalue weighted by atomic mass is 32.1. The van der Waals surface area contributed by atoms with Crippen molar-refractivity contribution in [3.05, 3.63) is 47.3 Å². The number of amides is 1. The number of hydrogen-bond acceptors (Lipinski definition) is 7. The van der Waals surface area contributed by atoms with Crippen LogP contribution in [0.5, 0.6) is 0 Å². The summed E-state index contributed by atoms with van der Waals surface area (Å²) in [5.74, 6) is 2.33. The molecule has 152 valence electrons. The number of anilines is 2. The Morgan fingerprint density at radius 3 is 2.69 bits per heavy atom. The van der Waals surface area contributed by atoms with Gasteiger partial charge in [-0.1, -0.05) is 0 Å². The second-order valence-electron chi connectivity index (χ2n) is 7.35. The summed E-state index contributed by atoms with van der Waals surface area (Å²) in [6.45, 7) is 7.64. The molecule has 1 saturated heterocycles. The van der Waals surface area contributed by atoms with Gasteiger partial charge < -0.3 is 19.4 Å². The molecule has 0 aliphatic carbocycles. The third-order valence-corrected chi connectivity index (χ3v) is 5.53. The number of nitrogens with one attached hydrogen (secondary N) is 1. The predicted molar refractivity (Wildman–Crippen MR) is 113 cm³/mol. The molecule has 1 aliphatic heterocycles. The van der Waals surface area contributed by atoms with Gasteiger partial charge in [-0.2, -0.15) is 0 Å². The number of aryl methyl sites for hydroxylation is 1. The summed E-state index contributed by atoms with van der Waals surface area (Å²) < 4.78 is 11.3. The highest BCUT2D eigenvalue weighted by Gasteiger charge is 2.23. The summed E-state index contributed by atoms with van der Waals surface area (Å²) in [6.07, 6.45) is 2.24. The number of furan rings is 1. The molecule has 3 aromatic heterocycles. The van der Waals surface area contributed by atoms with Crippen LogP contribution in [-0.2, 0) is 16.0 Å². The second kappa shape index (κ2) is 8.34. The van der Waals surface area contributed by atoms with Crippen molar-refractivity contribution in [1.29, 1.82) is 0 Å². The first-order chi connectivity index (χ1) is 14.0. The maximum absolute atomic E-state index is 12.4. The minimum atomic E-state index is -0.124. The maximum Gasteiger partial charge on any atom is 0.230 e. The van der Waals surface area contributed by atoms with Gasteiger partial charge in [-0.05, 0) is 45.0 Å². The normalized spacial score (nSPS) is 19.3. The molecule has 29 heavy (non-hydrogen) atoms. The van der Waals surface area contributed by atoms with Crippen molar-refractivity contribution in [3.8, 4) is 10.8 Å². The molecule has 0 radical (unpaired) electrons. The quantitative estimate of drug-likeness (QED) is 0.685. The van der Waals surface area contributed by atoms with Crippen LogP contribution in [0.2, 0.25) is 0 Å². The second-order valence-corrected chi connectivity index (χ2v) is 8.20. The van der Waals surface area contributed by atoms with Crippen LogP contribution in [-0.4, -0.2) is 41.2 Å². The van der Waals surface area contributed by atoms with Gasteiger partial charge in [-0.3, -0.25) is 4.79 Å². The molecular formula is C21H24N4O3S. The van der Waals surface area contributed by atoms with E-state index in [0.29, 0.717) is 5.69 Å². The molecule has 0 bridgehead atoms. The molecule has 3 aromatic rings. The number of pyridine rings is 1. The average Bonchev–Trinajstić information content (AvgIpc) is 3.30. The van der Waals surface area contributed by atoms with Gasteiger partial charge in [0.15, 0.2) is 10.8 Å². The van der Waals surface area contributed by atoms with E-state index in [1.165, 1.54) is 11.3 Å². The third kappa shape index (κ3) is 4.83. The van der Waals surface area contributed by atoms with Gasteiger partial charge in [0.1, 0.15) is 11.6 Å². The van der Waals surface area contributed by atoms with Crippen molar-refractivity contribution in [2.75, 3.05) is 23.3 Å². The van der Waals surface area contributed by atoms with Crippen LogP contribution in [0.3, 0.4) is 0 Å². The fourth-order valence-corrected chi connectivity index (χ4v) is 4.21. The average molecular weight is 413 g/mol. The summed E-state index contributed by atoms with van der Waals surface area (Å²) in [6, 6.07) is 7.60. The van der Waals surface area contributed by atoms with Gasteiger partial charge in [-0.25, -0.2) is 9.97 Å². The smallest absolute Gasteiger partial charge is 0.230 e. The van der Waals surface area contributed by atoms with E-state index in [0.717, 1.165) is 41.1 Å². The van der Waals surface area contributed by atoms with Crippen molar-refractivity contribution >= 4 is 28.7 Å². The summed E-state index contributed by atoms with van der Waals surface area (Å²) in [5.41, 5.74) is 1.39. The Labute approximate surface area is 173 Å². The SMILES string of the molecule is Cc1ccc(-c2nc(CC(=O)Nc3ccc(N4CC(C)OC(C)C4)nc3)cs2)o1. The lowest BCUT2D eigenvalue weighted by Crippen LogP contribution is -2.45. The monoisotopic (exact) mass is 412 g/mol. The van der Waals surface area contributed by atoms with Crippen molar-refractivity contribution in [2.45, 2.75) is 39.4 Å². The Bertz CT molecular complexity index is 972. The minimum absolute atomic E-state index is 0.124. The number of carbonyl (C=O) groups is 1. The van der Waals surface area contributed by atoms with E-state index >= 15 is 0 Å². The lowest BCUT2D eigenvalue weighted by molar-refractivity contribution is -0.115. The van der Waals surface area contributed by atoms with Crippen LogP contribution in [0, 0.1) is 6.92 Å². The molecule has 0 aromatic carbocycles. The van der Waals surface area contributed by atoms with Crippen molar-refractivity contribution < 1.29 is 13.9 Å². The van der Waals surface area contributed by atoms with E-state index in [9.17, 15) is 4.79 Å². The zero-order valence-electron chi connectivity index (χ0n) is 16.7. The number of morpholine rings is 1. The summed E-state index contributed by atoms with van der Waals surface area (Å²) in [5, 5.41) is 5.55. The van der Waals surface area contributed by atoms with E-state index in [1.807, 2.05) is 36.6 Å². The Kier molecular flexibility index (Phi) is 5.64. The van der Waals surface area contributed by atoms with Crippen LogP contribution in [0.15, 0.2) is 40.3 Å². The maximum atomic E-state index is 12.4. The highest BCUT2D eigenvalue weighted by molar-refractivity contribution is 7.13. The van der Waals surface area contributed by atoms with E-state index < -0.39 is 0 Å². The lowest BCUT2D eigenvalue weighted by atomic mass is 10.2. The van der Waals surface area contributed by atoms with Crippen molar-refractivity contribution in [1.82, 2.24) is 9.97 Å². The molecule has 1 fully saturated rings. The molecule has 4 rings (SSSR count). The fourth-order valence-electron chi connectivity index (χ4n) is 3.43. The van der Waals surface area contributed by atoms with Gasteiger partial charge in [0.2, 0.25) is 5.91 Å². The zero-order chi connectivity index (χ0) is 20.4. The molecular weight excluding hydrogens is 388 g/mol. The Hall–Kier alpha value is -2.71. The topological polar surface area (TPSA) is 80.5 Å². The lowest BCUT2D eigenvalue weighted by Gasteiger charge is -2.36. The van der Waals surface area contributed by atoms with Gasteiger partial charge in [0.25, 0.3) is 0 Å².